The van der Waals surface area contributed by atoms with Crippen molar-refractivity contribution in [3.8, 4) is 0 Å². The van der Waals surface area contributed by atoms with Gasteiger partial charge in [-0.3, -0.25) is 9.78 Å². The molecule has 10 heteroatoms. The number of benzene rings is 2. The van der Waals surface area contributed by atoms with E-state index in [-0.39, 0.29) is 5.91 Å². The number of nitrogens with zero attached hydrogens (tertiary/aromatic N) is 4. The van der Waals surface area contributed by atoms with Crippen LogP contribution in [-0.2, 0) is 0 Å². The fourth-order valence-corrected chi connectivity index (χ4v) is 3.81. The Bertz CT molecular complexity index is 1390. The van der Waals surface area contributed by atoms with E-state index in [9.17, 15) is 9.59 Å². The van der Waals surface area contributed by atoms with E-state index in [2.05, 4.69) is 37.5 Å². The van der Waals surface area contributed by atoms with Crippen LogP contribution in [0.5, 0.6) is 0 Å². The molecule has 34 heavy (non-hydrogen) atoms. The number of carbonyl (C=O) groups is 1. The van der Waals surface area contributed by atoms with Crippen molar-refractivity contribution in [1.29, 1.82) is 0 Å². The van der Waals surface area contributed by atoms with E-state index in [0.717, 1.165) is 43.1 Å². The molecule has 1 aliphatic heterocycles. The zero-order valence-electron chi connectivity index (χ0n) is 19.0. The molecule has 0 unspecified atom stereocenters. The van der Waals surface area contributed by atoms with Crippen molar-refractivity contribution in [2.45, 2.75) is 6.92 Å². The highest BCUT2D eigenvalue weighted by molar-refractivity contribution is 5.94. The van der Waals surface area contributed by atoms with Gasteiger partial charge in [-0.25, -0.2) is 9.78 Å². The number of amides is 1. The van der Waals surface area contributed by atoms with E-state index >= 15 is 0 Å². The lowest BCUT2D eigenvalue weighted by molar-refractivity contribution is 0.0664. The second-order valence-corrected chi connectivity index (χ2v) is 8.37. The van der Waals surface area contributed by atoms with Crippen LogP contribution in [0.3, 0.4) is 0 Å². The standard InChI is InChI=1S/C24H25N7O3/c1-15-14-25-23(29-21(15)26-18-7-8-20-19(13-18)28-24(33)34-20)27-17-5-3-16(4-6-17)22(32)31-11-9-30(2)10-12-31/h3-8,13-14H,9-12H2,1-2H3,(H,28,33)(H2,25,26,27,29). The number of carbonyl (C=O) groups excluding carboxylic acids is 1. The normalized spacial score (nSPS) is 14.4. The zero-order chi connectivity index (χ0) is 23.7. The van der Waals surface area contributed by atoms with Crippen molar-refractivity contribution >= 4 is 40.1 Å². The molecule has 1 amide bonds. The monoisotopic (exact) mass is 459 g/mol. The summed E-state index contributed by atoms with van der Waals surface area (Å²) in [7, 11) is 2.07. The fraction of sp³-hybridized carbons (Fsp3) is 0.250. The van der Waals surface area contributed by atoms with Gasteiger partial charge in [-0.05, 0) is 56.4 Å². The maximum atomic E-state index is 12.7. The summed E-state index contributed by atoms with van der Waals surface area (Å²) in [5.74, 6) is 0.607. The number of H-pyrrole nitrogens is 1. The molecule has 2 aromatic heterocycles. The molecule has 0 aliphatic carbocycles. The first-order chi connectivity index (χ1) is 16.4. The average Bonchev–Trinajstić information content (AvgIpc) is 3.21. The highest BCUT2D eigenvalue weighted by atomic mass is 16.4. The Kier molecular flexibility index (Phi) is 5.72. The summed E-state index contributed by atoms with van der Waals surface area (Å²) in [5, 5.41) is 6.44. The summed E-state index contributed by atoms with van der Waals surface area (Å²) < 4.78 is 5.04. The van der Waals surface area contributed by atoms with Crippen LogP contribution in [0.4, 0.5) is 23.1 Å². The number of oxazole rings is 1. The number of aryl methyl sites for hydroxylation is 1. The highest BCUT2D eigenvalue weighted by Gasteiger charge is 2.20. The Morgan fingerprint density at radius 2 is 1.76 bits per heavy atom. The quantitative estimate of drug-likeness (QED) is 0.417. The summed E-state index contributed by atoms with van der Waals surface area (Å²) in [5.41, 5.74) is 4.15. The molecule has 0 atom stereocenters. The minimum atomic E-state index is -0.492. The van der Waals surface area contributed by atoms with Crippen LogP contribution in [-0.4, -0.2) is 63.9 Å². The van der Waals surface area contributed by atoms with Crippen LogP contribution < -0.4 is 16.4 Å². The second kappa shape index (κ2) is 8.99. The van der Waals surface area contributed by atoms with E-state index in [0.29, 0.717) is 28.4 Å². The molecule has 2 aromatic carbocycles. The first-order valence-corrected chi connectivity index (χ1v) is 11.0. The van der Waals surface area contributed by atoms with Crippen LogP contribution >= 0.6 is 0 Å². The van der Waals surface area contributed by atoms with E-state index in [1.165, 1.54) is 0 Å². The topological polar surface area (TPSA) is 119 Å². The summed E-state index contributed by atoms with van der Waals surface area (Å²) in [6.07, 6.45) is 1.72. The second-order valence-electron chi connectivity index (χ2n) is 8.37. The van der Waals surface area contributed by atoms with Gasteiger partial charge in [0.25, 0.3) is 5.91 Å². The van der Waals surface area contributed by atoms with Gasteiger partial charge in [0.1, 0.15) is 5.82 Å². The fourth-order valence-electron chi connectivity index (χ4n) is 3.81. The van der Waals surface area contributed by atoms with Gasteiger partial charge in [0, 0.05) is 54.9 Å². The predicted octanol–water partition coefficient (Wildman–Crippen LogP) is 3.09. The number of aromatic nitrogens is 3. The molecule has 3 N–H and O–H groups in total. The lowest BCUT2D eigenvalue weighted by Crippen LogP contribution is -2.47. The van der Waals surface area contributed by atoms with Gasteiger partial charge < -0.3 is 24.9 Å². The van der Waals surface area contributed by atoms with Gasteiger partial charge >= 0.3 is 5.76 Å². The third kappa shape index (κ3) is 4.62. The van der Waals surface area contributed by atoms with Crippen molar-refractivity contribution in [3.05, 3.63) is 70.3 Å². The highest BCUT2D eigenvalue weighted by Crippen LogP contribution is 2.23. The maximum absolute atomic E-state index is 12.7. The molecule has 174 valence electrons. The largest absolute Gasteiger partial charge is 0.417 e. The Labute approximate surface area is 195 Å². The molecule has 0 spiro atoms. The molecule has 0 saturated carbocycles. The Hall–Kier alpha value is -4.18. The number of rotatable bonds is 5. The number of likely N-dealkylation sites (N-methyl/N-ethyl adjacent to an activating group) is 1. The smallest absolute Gasteiger partial charge is 0.408 e. The zero-order valence-corrected chi connectivity index (χ0v) is 19.0. The van der Waals surface area contributed by atoms with Crippen LogP contribution in [0, 0.1) is 6.92 Å². The molecule has 1 aliphatic rings. The number of nitrogens with one attached hydrogen (secondary N) is 3. The minimum absolute atomic E-state index is 0.0497. The number of piperazine rings is 1. The van der Waals surface area contributed by atoms with Crippen molar-refractivity contribution in [1.82, 2.24) is 24.8 Å². The molecule has 4 aromatic rings. The first-order valence-electron chi connectivity index (χ1n) is 11.0. The molecule has 0 radical (unpaired) electrons. The SMILES string of the molecule is Cc1cnc(Nc2ccc(C(=O)N3CCN(C)CC3)cc2)nc1Nc1ccc2oc(=O)[nH]c2c1. The van der Waals surface area contributed by atoms with Crippen molar-refractivity contribution in [2.24, 2.45) is 0 Å². The van der Waals surface area contributed by atoms with Crippen molar-refractivity contribution < 1.29 is 9.21 Å². The van der Waals surface area contributed by atoms with Crippen LogP contribution in [0.15, 0.2) is 57.9 Å². The molecule has 5 rings (SSSR count). The lowest BCUT2D eigenvalue weighted by Gasteiger charge is -2.32. The van der Waals surface area contributed by atoms with Crippen molar-refractivity contribution in [2.75, 3.05) is 43.9 Å². The lowest BCUT2D eigenvalue weighted by atomic mass is 10.1. The van der Waals surface area contributed by atoms with Gasteiger partial charge in [0.2, 0.25) is 5.95 Å². The molecule has 3 heterocycles. The number of fused-ring (bicyclic) bond motifs is 1. The minimum Gasteiger partial charge on any atom is -0.408 e. The molecular weight excluding hydrogens is 434 g/mol. The van der Waals surface area contributed by atoms with Gasteiger partial charge in [0.15, 0.2) is 5.58 Å². The Balaban J connectivity index is 1.28. The molecule has 1 fully saturated rings. The van der Waals surface area contributed by atoms with Gasteiger partial charge in [-0.2, -0.15) is 4.98 Å². The van der Waals surface area contributed by atoms with Gasteiger partial charge in [0.05, 0.1) is 5.52 Å². The average molecular weight is 460 g/mol. The summed E-state index contributed by atoms with van der Waals surface area (Å²) in [4.78, 5) is 39.8. The summed E-state index contributed by atoms with van der Waals surface area (Å²) >= 11 is 0. The maximum Gasteiger partial charge on any atom is 0.417 e. The van der Waals surface area contributed by atoms with E-state index in [1.54, 1.807) is 18.3 Å². The summed E-state index contributed by atoms with van der Waals surface area (Å²) in [6, 6.07) is 12.6. The predicted molar refractivity (Wildman–Crippen MR) is 130 cm³/mol. The molecule has 1 saturated heterocycles. The number of anilines is 4. The van der Waals surface area contributed by atoms with Crippen molar-refractivity contribution in [3.63, 3.8) is 0 Å². The number of aromatic amines is 1. The number of hydrogen-bond donors (Lipinski definition) is 3. The first kappa shape index (κ1) is 21.7. The van der Waals surface area contributed by atoms with Crippen LogP contribution in [0.25, 0.3) is 11.1 Å². The number of hydrogen-bond acceptors (Lipinski definition) is 8. The van der Waals surface area contributed by atoms with Gasteiger partial charge in [-0.1, -0.05) is 0 Å². The van der Waals surface area contributed by atoms with Crippen LogP contribution in [0.1, 0.15) is 15.9 Å². The van der Waals surface area contributed by atoms with Crippen LogP contribution in [0.2, 0.25) is 0 Å². The Morgan fingerprint density at radius 1 is 1.03 bits per heavy atom. The molecule has 0 bridgehead atoms. The van der Waals surface area contributed by atoms with Gasteiger partial charge in [-0.15, -0.1) is 0 Å². The third-order valence-electron chi connectivity index (χ3n) is 5.83. The Morgan fingerprint density at radius 3 is 2.53 bits per heavy atom. The molecule has 10 nitrogen and oxygen atoms in total. The van der Waals surface area contributed by atoms with E-state index < -0.39 is 5.76 Å². The van der Waals surface area contributed by atoms with E-state index in [4.69, 9.17) is 4.42 Å². The third-order valence-corrected chi connectivity index (χ3v) is 5.83. The summed E-state index contributed by atoms with van der Waals surface area (Å²) in [6.45, 7) is 5.17. The van der Waals surface area contributed by atoms with E-state index in [1.807, 2.05) is 42.2 Å². The molecular formula is C24H25N7O3.